The second-order valence-corrected chi connectivity index (χ2v) is 7.47. The van der Waals surface area contributed by atoms with E-state index in [0.29, 0.717) is 32.3 Å². The highest BCUT2D eigenvalue weighted by Gasteiger charge is 2.14. The highest BCUT2D eigenvalue weighted by atomic mass is 35.5. The minimum absolute atomic E-state index is 0.112. The quantitative estimate of drug-likeness (QED) is 0.349. The molecule has 0 aliphatic rings. The third-order valence-corrected chi connectivity index (χ3v) is 5.38. The Morgan fingerprint density at radius 2 is 1.89 bits per heavy atom. The fourth-order valence-electron chi connectivity index (χ4n) is 2.17. The van der Waals surface area contributed by atoms with Gasteiger partial charge in [0.2, 0.25) is 5.16 Å². The van der Waals surface area contributed by atoms with Gasteiger partial charge in [0, 0.05) is 5.56 Å². The second kappa shape index (κ2) is 8.65. The molecule has 0 aliphatic carbocycles. The highest BCUT2D eigenvalue weighted by Crippen LogP contribution is 2.24. The maximum absolute atomic E-state index is 12.3. The molecule has 6 nitrogen and oxygen atoms in total. The number of rotatable bonds is 7. The molecule has 0 bridgehead atoms. The summed E-state index contributed by atoms with van der Waals surface area (Å²) in [5, 5.41) is 9.19. The van der Waals surface area contributed by atoms with Crippen molar-refractivity contribution in [2.75, 3.05) is 11.6 Å². The number of nitrogen functional groups attached to an aromatic ring is 1. The number of hydrogen-bond donors (Lipinski definition) is 1. The number of thioether (sulfide) groups is 1. The van der Waals surface area contributed by atoms with Crippen molar-refractivity contribution < 1.29 is 9.53 Å². The standard InChI is InChI=1S/C18H16Cl2N4O2S/c1-11-2-5-13(6-3-11)26-9-17-22-23-18(24(17)21)27-10-16(25)12-4-7-14(19)15(20)8-12/h2-8H,9-10,21H2,1H3. The molecular weight excluding hydrogens is 407 g/mol. The Balaban J connectivity index is 1.59. The first-order chi connectivity index (χ1) is 12.9. The number of ketones is 1. The monoisotopic (exact) mass is 422 g/mol. The van der Waals surface area contributed by atoms with Gasteiger partial charge in [0.15, 0.2) is 11.6 Å². The first kappa shape index (κ1) is 19.5. The summed E-state index contributed by atoms with van der Waals surface area (Å²) in [5.41, 5.74) is 1.62. The van der Waals surface area contributed by atoms with Gasteiger partial charge in [-0.3, -0.25) is 4.79 Å². The molecule has 140 valence electrons. The molecular formula is C18H16Cl2N4O2S. The Hall–Kier alpha value is -2.22. The van der Waals surface area contributed by atoms with Crippen LogP contribution in [0.2, 0.25) is 10.0 Å². The number of halogens is 2. The number of carbonyl (C=O) groups excluding carboxylic acids is 1. The normalized spacial score (nSPS) is 10.8. The molecule has 0 atom stereocenters. The Kier molecular flexibility index (Phi) is 6.26. The molecule has 1 aromatic heterocycles. The van der Waals surface area contributed by atoms with Crippen molar-refractivity contribution in [3.05, 3.63) is 69.5 Å². The molecule has 27 heavy (non-hydrogen) atoms. The summed E-state index contributed by atoms with van der Waals surface area (Å²) >= 11 is 13.0. The average molecular weight is 423 g/mol. The zero-order chi connectivity index (χ0) is 19.4. The third-order valence-electron chi connectivity index (χ3n) is 3.70. The summed E-state index contributed by atoms with van der Waals surface area (Å²) in [4.78, 5) is 12.3. The van der Waals surface area contributed by atoms with Gasteiger partial charge in [-0.1, -0.05) is 52.7 Å². The van der Waals surface area contributed by atoms with Crippen LogP contribution in [-0.2, 0) is 6.61 Å². The number of hydrogen-bond acceptors (Lipinski definition) is 6. The van der Waals surface area contributed by atoms with E-state index in [1.807, 2.05) is 31.2 Å². The lowest BCUT2D eigenvalue weighted by molar-refractivity contribution is 0.102. The molecule has 3 aromatic rings. The lowest BCUT2D eigenvalue weighted by Crippen LogP contribution is -2.16. The van der Waals surface area contributed by atoms with Gasteiger partial charge in [-0.25, -0.2) is 4.68 Å². The lowest BCUT2D eigenvalue weighted by Gasteiger charge is -2.07. The zero-order valence-electron chi connectivity index (χ0n) is 14.4. The van der Waals surface area contributed by atoms with E-state index in [-0.39, 0.29) is 18.1 Å². The SMILES string of the molecule is Cc1ccc(OCc2nnc(SCC(=O)c3ccc(Cl)c(Cl)c3)n2N)cc1. The highest BCUT2D eigenvalue weighted by molar-refractivity contribution is 7.99. The predicted octanol–water partition coefficient (Wildman–Crippen LogP) is 4.16. The van der Waals surface area contributed by atoms with E-state index >= 15 is 0 Å². The number of aromatic nitrogens is 3. The van der Waals surface area contributed by atoms with E-state index < -0.39 is 0 Å². The van der Waals surface area contributed by atoms with Crippen molar-refractivity contribution in [3.8, 4) is 5.75 Å². The lowest BCUT2D eigenvalue weighted by atomic mass is 10.1. The smallest absolute Gasteiger partial charge is 0.210 e. The van der Waals surface area contributed by atoms with Crippen LogP contribution in [0, 0.1) is 6.92 Å². The molecule has 0 saturated carbocycles. The van der Waals surface area contributed by atoms with Crippen molar-refractivity contribution in [2.45, 2.75) is 18.7 Å². The fraction of sp³-hybridized carbons (Fsp3) is 0.167. The average Bonchev–Trinajstić information content (AvgIpc) is 3.01. The number of nitrogens with zero attached hydrogens (tertiary/aromatic N) is 3. The number of carbonyl (C=O) groups is 1. The van der Waals surface area contributed by atoms with Crippen LogP contribution in [0.25, 0.3) is 0 Å². The Bertz CT molecular complexity index is 960. The fourth-order valence-corrected chi connectivity index (χ4v) is 3.24. The predicted molar refractivity (Wildman–Crippen MR) is 107 cm³/mol. The minimum Gasteiger partial charge on any atom is -0.486 e. The minimum atomic E-state index is -0.112. The number of benzene rings is 2. The topological polar surface area (TPSA) is 83.0 Å². The van der Waals surface area contributed by atoms with Crippen LogP contribution in [-0.4, -0.2) is 26.4 Å². The summed E-state index contributed by atoms with van der Waals surface area (Å²) in [7, 11) is 0. The van der Waals surface area contributed by atoms with Crippen LogP contribution >= 0.6 is 35.0 Å². The van der Waals surface area contributed by atoms with E-state index in [9.17, 15) is 4.79 Å². The molecule has 0 unspecified atom stereocenters. The number of nitrogens with two attached hydrogens (primary N) is 1. The molecule has 2 N–H and O–H groups in total. The first-order valence-corrected chi connectivity index (χ1v) is 9.68. The van der Waals surface area contributed by atoms with Crippen molar-refractivity contribution in [3.63, 3.8) is 0 Å². The largest absolute Gasteiger partial charge is 0.486 e. The summed E-state index contributed by atoms with van der Waals surface area (Å²) in [6, 6.07) is 12.4. The number of aryl methyl sites for hydroxylation is 1. The Morgan fingerprint density at radius 3 is 2.59 bits per heavy atom. The van der Waals surface area contributed by atoms with Crippen LogP contribution in [0.15, 0.2) is 47.6 Å². The molecule has 0 fully saturated rings. The van der Waals surface area contributed by atoms with Gasteiger partial charge < -0.3 is 10.6 Å². The Labute approximate surface area is 170 Å². The first-order valence-electron chi connectivity index (χ1n) is 7.94. The van der Waals surface area contributed by atoms with E-state index in [0.717, 1.165) is 5.56 Å². The van der Waals surface area contributed by atoms with E-state index in [1.54, 1.807) is 18.2 Å². The number of Topliss-reactive ketones (excluding diaryl/α,β-unsaturated/α-hetero) is 1. The van der Waals surface area contributed by atoms with E-state index in [2.05, 4.69) is 10.2 Å². The summed E-state index contributed by atoms with van der Waals surface area (Å²) in [5.74, 6) is 7.21. The number of ether oxygens (including phenoxy) is 1. The summed E-state index contributed by atoms with van der Waals surface area (Å²) < 4.78 is 6.97. The zero-order valence-corrected chi connectivity index (χ0v) is 16.7. The molecule has 0 saturated heterocycles. The van der Waals surface area contributed by atoms with Gasteiger partial charge in [0.25, 0.3) is 0 Å². The maximum atomic E-state index is 12.3. The van der Waals surface area contributed by atoms with E-state index in [4.69, 9.17) is 33.8 Å². The van der Waals surface area contributed by atoms with Crippen molar-refractivity contribution in [1.82, 2.24) is 14.9 Å². The van der Waals surface area contributed by atoms with Crippen LogP contribution in [0.5, 0.6) is 5.75 Å². The second-order valence-electron chi connectivity index (χ2n) is 5.71. The molecule has 1 heterocycles. The molecule has 0 spiro atoms. The summed E-state index contributed by atoms with van der Waals surface area (Å²) in [6.07, 6.45) is 0. The summed E-state index contributed by atoms with van der Waals surface area (Å²) in [6.45, 7) is 2.18. The van der Waals surface area contributed by atoms with Gasteiger partial charge in [-0.15, -0.1) is 10.2 Å². The van der Waals surface area contributed by atoms with Crippen LogP contribution in [0.1, 0.15) is 21.7 Å². The Morgan fingerprint density at radius 1 is 1.15 bits per heavy atom. The molecule has 3 rings (SSSR count). The van der Waals surface area contributed by atoms with Crippen molar-refractivity contribution in [1.29, 1.82) is 0 Å². The molecule has 2 aromatic carbocycles. The van der Waals surface area contributed by atoms with Gasteiger partial charge in [0.05, 0.1) is 15.8 Å². The molecule has 9 heteroatoms. The van der Waals surface area contributed by atoms with Crippen LogP contribution in [0.3, 0.4) is 0 Å². The molecule has 0 amide bonds. The van der Waals surface area contributed by atoms with Gasteiger partial charge >= 0.3 is 0 Å². The van der Waals surface area contributed by atoms with Gasteiger partial charge in [-0.2, -0.15) is 0 Å². The maximum Gasteiger partial charge on any atom is 0.210 e. The third kappa shape index (κ3) is 4.94. The van der Waals surface area contributed by atoms with E-state index in [1.165, 1.54) is 16.4 Å². The molecule has 0 radical (unpaired) electrons. The molecule has 0 aliphatic heterocycles. The van der Waals surface area contributed by atoms with Crippen molar-refractivity contribution in [2.24, 2.45) is 0 Å². The van der Waals surface area contributed by atoms with Gasteiger partial charge in [0.1, 0.15) is 12.4 Å². The van der Waals surface area contributed by atoms with Crippen LogP contribution in [0.4, 0.5) is 0 Å². The van der Waals surface area contributed by atoms with Crippen molar-refractivity contribution >= 4 is 40.7 Å². The van der Waals surface area contributed by atoms with Crippen LogP contribution < -0.4 is 10.6 Å². The van der Waals surface area contributed by atoms with Gasteiger partial charge in [-0.05, 0) is 37.3 Å².